The second-order valence-electron chi connectivity index (χ2n) is 6.95. The molecule has 7 heteroatoms. The van der Waals surface area contributed by atoms with Crippen molar-refractivity contribution in [3.63, 3.8) is 0 Å². The maximum Gasteiger partial charge on any atom is 0.159 e. The summed E-state index contributed by atoms with van der Waals surface area (Å²) < 4.78 is 0. The molecule has 3 aromatic heterocycles. The van der Waals surface area contributed by atoms with Crippen LogP contribution in [-0.4, -0.2) is 19.9 Å². The minimum Gasteiger partial charge on any atom is -0.393 e. The molecule has 0 saturated heterocycles. The lowest BCUT2D eigenvalue weighted by Gasteiger charge is -2.14. The third-order valence-corrected chi connectivity index (χ3v) is 4.88. The van der Waals surface area contributed by atoms with E-state index in [1.165, 1.54) is 6.33 Å². The first-order valence-electron chi connectivity index (χ1n) is 9.54. The molecular formula is C23H19N7. The van der Waals surface area contributed by atoms with Crippen LogP contribution in [-0.2, 0) is 0 Å². The molecule has 146 valence electrons. The Kier molecular flexibility index (Phi) is 4.33. The topological polar surface area (TPSA) is 102 Å². The summed E-state index contributed by atoms with van der Waals surface area (Å²) in [6, 6.07) is 19.8. The van der Waals surface area contributed by atoms with Crippen molar-refractivity contribution in [3.8, 4) is 0 Å². The SMILES string of the molecule is Cc1ccc2cccc(Nc3ncnc(Nc4cccc5cccnc45)c3N)c2n1. The summed E-state index contributed by atoms with van der Waals surface area (Å²) in [6.07, 6.45) is 3.24. The second kappa shape index (κ2) is 7.29. The maximum absolute atomic E-state index is 6.41. The highest BCUT2D eigenvalue weighted by Gasteiger charge is 2.12. The quantitative estimate of drug-likeness (QED) is 0.397. The van der Waals surface area contributed by atoms with Gasteiger partial charge >= 0.3 is 0 Å². The summed E-state index contributed by atoms with van der Waals surface area (Å²) in [5.41, 5.74) is 11.1. The number of anilines is 5. The number of benzene rings is 2. The Morgan fingerprint density at radius 3 is 2.07 bits per heavy atom. The number of rotatable bonds is 4. The van der Waals surface area contributed by atoms with Crippen molar-refractivity contribution in [1.82, 2.24) is 19.9 Å². The Morgan fingerprint density at radius 1 is 0.700 bits per heavy atom. The van der Waals surface area contributed by atoms with Crippen molar-refractivity contribution in [2.24, 2.45) is 0 Å². The van der Waals surface area contributed by atoms with Gasteiger partial charge in [0, 0.05) is 22.7 Å². The normalized spacial score (nSPS) is 11.0. The molecule has 0 fully saturated rings. The molecular weight excluding hydrogens is 374 g/mol. The molecule has 0 amide bonds. The van der Waals surface area contributed by atoms with Crippen LogP contribution in [0.3, 0.4) is 0 Å². The molecule has 0 spiro atoms. The Hall–Kier alpha value is -4.26. The third-order valence-electron chi connectivity index (χ3n) is 4.88. The van der Waals surface area contributed by atoms with E-state index in [2.05, 4.69) is 30.6 Å². The first kappa shape index (κ1) is 17.8. The molecule has 4 N–H and O–H groups in total. The number of nitrogens with two attached hydrogens (primary N) is 1. The van der Waals surface area contributed by atoms with Crippen molar-refractivity contribution in [2.45, 2.75) is 6.92 Å². The average molecular weight is 393 g/mol. The number of nitrogens with one attached hydrogen (secondary N) is 2. The van der Waals surface area contributed by atoms with Crippen molar-refractivity contribution in [3.05, 3.63) is 78.9 Å². The Morgan fingerprint density at radius 2 is 1.33 bits per heavy atom. The number of hydrogen-bond donors (Lipinski definition) is 3. The molecule has 0 aliphatic rings. The van der Waals surface area contributed by atoms with Gasteiger partial charge in [0.25, 0.3) is 0 Å². The fraction of sp³-hybridized carbons (Fsp3) is 0.0435. The summed E-state index contributed by atoms with van der Waals surface area (Å²) in [6.45, 7) is 1.97. The molecule has 3 heterocycles. The minimum atomic E-state index is 0.412. The largest absolute Gasteiger partial charge is 0.393 e. The zero-order chi connectivity index (χ0) is 20.5. The van der Waals surface area contributed by atoms with Crippen LogP contribution in [0.1, 0.15) is 5.69 Å². The third kappa shape index (κ3) is 3.22. The van der Waals surface area contributed by atoms with Gasteiger partial charge in [-0.2, -0.15) is 0 Å². The smallest absolute Gasteiger partial charge is 0.159 e. The fourth-order valence-electron chi connectivity index (χ4n) is 3.40. The van der Waals surface area contributed by atoms with Crippen LogP contribution in [0.2, 0.25) is 0 Å². The van der Waals surface area contributed by atoms with Crippen molar-refractivity contribution in [1.29, 1.82) is 0 Å². The van der Waals surface area contributed by atoms with Gasteiger partial charge in [-0.3, -0.25) is 9.97 Å². The number of aryl methyl sites for hydroxylation is 1. The van der Waals surface area contributed by atoms with Crippen LogP contribution in [0.15, 0.2) is 73.2 Å². The van der Waals surface area contributed by atoms with Crippen LogP contribution in [0.4, 0.5) is 28.7 Å². The second-order valence-corrected chi connectivity index (χ2v) is 6.95. The number of aromatic nitrogens is 4. The van der Waals surface area contributed by atoms with Gasteiger partial charge in [-0.15, -0.1) is 0 Å². The molecule has 0 unspecified atom stereocenters. The molecule has 30 heavy (non-hydrogen) atoms. The van der Waals surface area contributed by atoms with E-state index in [9.17, 15) is 0 Å². The van der Waals surface area contributed by atoms with Gasteiger partial charge in [-0.25, -0.2) is 9.97 Å². The van der Waals surface area contributed by atoms with Gasteiger partial charge in [0.1, 0.15) is 12.0 Å². The number of para-hydroxylation sites is 2. The Balaban J connectivity index is 1.52. The van der Waals surface area contributed by atoms with Crippen LogP contribution < -0.4 is 16.4 Å². The summed E-state index contributed by atoms with van der Waals surface area (Å²) in [4.78, 5) is 17.8. The van der Waals surface area contributed by atoms with E-state index >= 15 is 0 Å². The minimum absolute atomic E-state index is 0.412. The average Bonchev–Trinajstić information content (AvgIpc) is 2.77. The van der Waals surface area contributed by atoms with Crippen LogP contribution in [0.25, 0.3) is 21.8 Å². The predicted molar refractivity (Wildman–Crippen MR) is 121 cm³/mol. The van der Waals surface area contributed by atoms with E-state index in [-0.39, 0.29) is 0 Å². The summed E-state index contributed by atoms with van der Waals surface area (Å²) in [5, 5.41) is 8.68. The predicted octanol–water partition coefficient (Wildman–Crippen LogP) is 4.95. The van der Waals surface area contributed by atoms with Gasteiger partial charge in [0.15, 0.2) is 11.6 Å². The molecule has 0 aliphatic heterocycles. The number of pyridine rings is 2. The van der Waals surface area contributed by atoms with Crippen molar-refractivity contribution < 1.29 is 0 Å². The van der Waals surface area contributed by atoms with E-state index in [0.29, 0.717) is 17.3 Å². The van der Waals surface area contributed by atoms with Crippen LogP contribution in [0, 0.1) is 6.92 Å². The van der Waals surface area contributed by atoms with E-state index < -0.39 is 0 Å². The zero-order valence-corrected chi connectivity index (χ0v) is 16.3. The highest BCUT2D eigenvalue weighted by atomic mass is 15.1. The zero-order valence-electron chi connectivity index (χ0n) is 16.3. The maximum atomic E-state index is 6.41. The van der Waals surface area contributed by atoms with E-state index in [1.807, 2.05) is 67.6 Å². The lowest BCUT2D eigenvalue weighted by atomic mass is 10.1. The molecule has 0 bridgehead atoms. The van der Waals surface area contributed by atoms with Crippen molar-refractivity contribution >= 4 is 50.5 Å². The molecule has 2 aromatic carbocycles. The summed E-state index contributed by atoms with van der Waals surface area (Å²) in [7, 11) is 0. The summed E-state index contributed by atoms with van der Waals surface area (Å²) in [5.74, 6) is 1.02. The van der Waals surface area contributed by atoms with Gasteiger partial charge in [-0.1, -0.05) is 36.4 Å². The van der Waals surface area contributed by atoms with E-state index in [0.717, 1.165) is 38.9 Å². The monoisotopic (exact) mass is 393 g/mol. The molecule has 0 saturated carbocycles. The number of nitrogen functional groups attached to an aromatic ring is 1. The highest BCUT2D eigenvalue weighted by Crippen LogP contribution is 2.32. The lowest BCUT2D eigenvalue weighted by Crippen LogP contribution is -2.06. The molecule has 5 rings (SSSR count). The van der Waals surface area contributed by atoms with Crippen LogP contribution in [0.5, 0.6) is 0 Å². The van der Waals surface area contributed by atoms with Gasteiger partial charge in [0.2, 0.25) is 0 Å². The fourth-order valence-corrected chi connectivity index (χ4v) is 3.40. The summed E-state index contributed by atoms with van der Waals surface area (Å²) >= 11 is 0. The standard InChI is InChI=1S/C23H19N7/c1-14-10-11-16-6-3-9-18(21(16)28-14)30-23-19(24)22(26-13-27-23)29-17-8-2-5-15-7-4-12-25-20(15)17/h2-13H,24H2,1H3,(H2,26,27,29,30). The lowest BCUT2D eigenvalue weighted by molar-refractivity contribution is 1.17. The van der Waals surface area contributed by atoms with Gasteiger partial charge < -0.3 is 16.4 Å². The highest BCUT2D eigenvalue weighted by molar-refractivity contribution is 5.95. The molecule has 0 atom stereocenters. The molecule has 0 radical (unpaired) electrons. The Labute approximate surface area is 173 Å². The number of fused-ring (bicyclic) bond motifs is 2. The van der Waals surface area contributed by atoms with Crippen molar-refractivity contribution in [2.75, 3.05) is 16.4 Å². The Bertz CT molecular complexity index is 1380. The number of nitrogens with zero attached hydrogens (tertiary/aromatic N) is 4. The van der Waals surface area contributed by atoms with Crippen LogP contribution >= 0.6 is 0 Å². The number of hydrogen-bond acceptors (Lipinski definition) is 7. The first-order chi connectivity index (χ1) is 14.7. The molecule has 5 aromatic rings. The van der Waals surface area contributed by atoms with Gasteiger partial charge in [-0.05, 0) is 31.2 Å². The first-order valence-corrected chi connectivity index (χ1v) is 9.54. The van der Waals surface area contributed by atoms with Gasteiger partial charge in [0.05, 0.1) is 22.4 Å². The molecule has 7 nitrogen and oxygen atoms in total. The molecule has 0 aliphatic carbocycles. The van der Waals surface area contributed by atoms with E-state index in [1.54, 1.807) is 6.20 Å². The van der Waals surface area contributed by atoms with E-state index in [4.69, 9.17) is 5.73 Å².